The zero-order chi connectivity index (χ0) is 32.2. The summed E-state index contributed by atoms with van der Waals surface area (Å²) in [5.41, 5.74) is 1.70. The van der Waals surface area contributed by atoms with Crippen molar-refractivity contribution in [2.24, 2.45) is 0 Å². The van der Waals surface area contributed by atoms with Crippen LogP contribution < -0.4 is 14.4 Å². The maximum atomic E-state index is 14.4. The molecule has 1 N–H and O–H groups in total. The van der Waals surface area contributed by atoms with Gasteiger partial charge in [0.1, 0.15) is 24.2 Å². The topological polar surface area (TPSA) is 96.0 Å². The van der Waals surface area contributed by atoms with Gasteiger partial charge < -0.3 is 15.0 Å². The van der Waals surface area contributed by atoms with E-state index in [1.54, 1.807) is 54.6 Å². The molecule has 0 heterocycles. The largest absolute Gasteiger partial charge is 0.494 e. The van der Waals surface area contributed by atoms with Crippen LogP contribution in [0.5, 0.6) is 5.75 Å². The summed E-state index contributed by atoms with van der Waals surface area (Å²) in [4.78, 5) is 29.4. The molecule has 1 atom stereocenters. The Morgan fingerprint density at radius 1 is 0.822 bits per heavy atom. The molecule has 4 rings (SSSR count). The van der Waals surface area contributed by atoms with Gasteiger partial charge in [0.05, 0.1) is 17.2 Å². The number of anilines is 1. The molecule has 0 unspecified atom stereocenters. The van der Waals surface area contributed by atoms with Crippen molar-refractivity contribution < 1.29 is 27.1 Å². The number of hydrogen-bond acceptors (Lipinski definition) is 5. The number of ether oxygens (including phenoxy) is 1. The molecule has 0 fully saturated rings. The van der Waals surface area contributed by atoms with Gasteiger partial charge in [-0.1, -0.05) is 67.6 Å². The van der Waals surface area contributed by atoms with E-state index in [2.05, 4.69) is 5.32 Å². The first-order chi connectivity index (χ1) is 21.7. The van der Waals surface area contributed by atoms with Crippen molar-refractivity contribution in [3.05, 3.63) is 126 Å². The van der Waals surface area contributed by atoms with Crippen LogP contribution in [-0.2, 0) is 32.6 Å². The second-order valence-electron chi connectivity index (χ2n) is 10.4. The van der Waals surface area contributed by atoms with Crippen molar-refractivity contribution in [2.45, 2.75) is 44.2 Å². The van der Waals surface area contributed by atoms with E-state index in [0.29, 0.717) is 30.9 Å². The fraction of sp³-hybridized carbons (Fsp3) is 0.257. The Bertz CT molecular complexity index is 1630. The smallest absolute Gasteiger partial charge is 0.264 e. The molecule has 0 aliphatic rings. The highest BCUT2D eigenvalue weighted by Gasteiger charge is 2.34. The third-order valence-electron chi connectivity index (χ3n) is 7.13. The molecule has 45 heavy (non-hydrogen) atoms. The molecule has 0 bridgehead atoms. The third kappa shape index (κ3) is 8.92. The summed E-state index contributed by atoms with van der Waals surface area (Å²) in [5, 5.41) is 2.90. The van der Waals surface area contributed by atoms with E-state index in [9.17, 15) is 22.4 Å². The second kappa shape index (κ2) is 15.9. The number of benzene rings is 4. The summed E-state index contributed by atoms with van der Waals surface area (Å²) >= 11 is 0. The molecule has 8 nitrogen and oxygen atoms in total. The lowest BCUT2D eigenvalue weighted by Crippen LogP contribution is -2.53. The van der Waals surface area contributed by atoms with Crippen LogP contribution in [0.1, 0.15) is 31.4 Å². The SMILES string of the molecule is CCCNC(=O)[C@@H](Cc1ccccc1)N(Cc1ccc(F)cc1)C(=O)CN(c1ccccc1)S(=O)(=O)c1ccc(OCC)cc1. The number of nitrogens with one attached hydrogen (secondary N) is 1. The van der Waals surface area contributed by atoms with Gasteiger partial charge in [-0.25, -0.2) is 12.8 Å². The van der Waals surface area contributed by atoms with Crippen molar-refractivity contribution in [1.29, 1.82) is 0 Å². The first-order valence-corrected chi connectivity index (χ1v) is 16.3. The quantitative estimate of drug-likeness (QED) is 0.185. The molecule has 10 heteroatoms. The highest BCUT2D eigenvalue weighted by molar-refractivity contribution is 7.92. The van der Waals surface area contributed by atoms with E-state index >= 15 is 0 Å². The number of carbonyl (C=O) groups excluding carboxylic acids is 2. The van der Waals surface area contributed by atoms with Gasteiger partial charge in [-0.2, -0.15) is 0 Å². The van der Waals surface area contributed by atoms with Gasteiger partial charge in [-0.3, -0.25) is 13.9 Å². The minimum absolute atomic E-state index is 0.0192. The summed E-state index contributed by atoms with van der Waals surface area (Å²) in [6.07, 6.45) is 0.887. The molecular weight excluding hydrogens is 593 g/mol. The molecule has 0 saturated carbocycles. The molecule has 0 aliphatic carbocycles. The van der Waals surface area contributed by atoms with Crippen LogP contribution in [0.4, 0.5) is 10.1 Å². The normalized spacial score (nSPS) is 11.8. The van der Waals surface area contributed by atoms with E-state index in [4.69, 9.17) is 4.74 Å². The fourth-order valence-electron chi connectivity index (χ4n) is 4.83. The van der Waals surface area contributed by atoms with E-state index in [1.165, 1.54) is 29.2 Å². The van der Waals surface area contributed by atoms with Crippen molar-refractivity contribution in [3.8, 4) is 5.75 Å². The fourth-order valence-corrected chi connectivity index (χ4v) is 6.25. The molecule has 0 spiro atoms. The number of carbonyl (C=O) groups is 2. The summed E-state index contributed by atoms with van der Waals surface area (Å²) in [5.74, 6) is -0.872. The molecule has 0 saturated heterocycles. The van der Waals surface area contributed by atoms with E-state index in [0.717, 1.165) is 9.87 Å². The number of nitrogens with zero attached hydrogens (tertiary/aromatic N) is 2. The van der Waals surface area contributed by atoms with Crippen LogP contribution in [0.25, 0.3) is 0 Å². The second-order valence-corrected chi connectivity index (χ2v) is 12.3. The van der Waals surface area contributed by atoms with Crippen LogP contribution in [0, 0.1) is 5.82 Å². The van der Waals surface area contributed by atoms with Crippen molar-refractivity contribution >= 4 is 27.5 Å². The van der Waals surface area contributed by atoms with Crippen LogP contribution in [0.15, 0.2) is 114 Å². The Balaban J connectivity index is 1.76. The van der Waals surface area contributed by atoms with Crippen LogP contribution >= 0.6 is 0 Å². The van der Waals surface area contributed by atoms with Gasteiger partial charge in [-0.15, -0.1) is 0 Å². The minimum atomic E-state index is -4.23. The van der Waals surface area contributed by atoms with Crippen LogP contribution in [-0.4, -0.2) is 50.9 Å². The van der Waals surface area contributed by atoms with Gasteiger partial charge in [0.25, 0.3) is 10.0 Å². The summed E-state index contributed by atoms with van der Waals surface area (Å²) in [6, 6.07) is 28.3. The van der Waals surface area contributed by atoms with Gasteiger partial charge in [0.15, 0.2) is 0 Å². The first-order valence-electron chi connectivity index (χ1n) is 14.9. The zero-order valence-corrected chi connectivity index (χ0v) is 26.3. The summed E-state index contributed by atoms with van der Waals surface area (Å²) in [6.45, 7) is 3.98. The lowest BCUT2D eigenvalue weighted by molar-refractivity contribution is -0.140. The summed E-state index contributed by atoms with van der Waals surface area (Å²) in [7, 11) is -4.23. The van der Waals surface area contributed by atoms with Gasteiger partial charge >= 0.3 is 0 Å². The molecule has 236 valence electrons. The molecular formula is C35H38FN3O5S. The maximum absolute atomic E-state index is 14.4. The standard InChI is InChI=1S/C35H38FN3O5S/c1-3-23-37-35(41)33(24-27-11-7-5-8-12-27)38(25-28-15-17-29(36)18-16-28)34(40)26-39(30-13-9-6-10-14-30)45(42,43)32-21-19-31(20-22-32)44-4-2/h5-22,33H,3-4,23-26H2,1-2H3,(H,37,41)/t33-/m1/s1. The highest BCUT2D eigenvalue weighted by Crippen LogP contribution is 2.26. The Hall–Kier alpha value is -4.70. The molecule has 4 aromatic carbocycles. The number of halogens is 1. The van der Waals surface area contributed by atoms with Gasteiger partial charge in [0.2, 0.25) is 11.8 Å². The maximum Gasteiger partial charge on any atom is 0.264 e. The average Bonchev–Trinajstić information content (AvgIpc) is 3.06. The summed E-state index contributed by atoms with van der Waals surface area (Å²) < 4.78 is 48.5. The van der Waals surface area contributed by atoms with E-state index in [-0.39, 0.29) is 29.5 Å². The molecule has 0 aliphatic heterocycles. The Morgan fingerprint density at radius 2 is 1.44 bits per heavy atom. The van der Waals surface area contributed by atoms with E-state index in [1.807, 2.05) is 44.2 Å². The Labute approximate surface area is 264 Å². The Morgan fingerprint density at radius 3 is 2.04 bits per heavy atom. The molecule has 4 aromatic rings. The zero-order valence-electron chi connectivity index (χ0n) is 25.4. The van der Waals surface area contributed by atoms with Crippen molar-refractivity contribution in [1.82, 2.24) is 10.2 Å². The molecule has 2 amide bonds. The minimum Gasteiger partial charge on any atom is -0.494 e. The van der Waals surface area contributed by atoms with Crippen molar-refractivity contribution in [2.75, 3.05) is 24.0 Å². The monoisotopic (exact) mass is 631 g/mol. The molecule has 0 aromatic heterocycles. The number of rotatable bonds is 15. The van der Waals surface area contributed by atoms with Crippen LogP contribution in [0.3, 0.4) is 0 Å². The van der Waals surface area contributed by atoms with Crippen LogP contribution in [0.2, 0.25) is 0 Å². The predicted octanol–water partition coefficient (Wildman–Crippen LogP) is 5.59. The van der Waals surface area contributed by atoms with Crippen molar-refractivity contribution in [3.63, 3.8) is 0 Å². The van der Waals surface area contributed by atoms with Gasteiger partial charge in [-0.05, 0) is 73.0 Å². The Kier molecular flexibility index (Phi) is 11.7. The van der Waals surface area contributed by atoms with E-state index < -0.39 is 34.3 Å². The lowest BCUT2D eigenvalue weighted by Gasteiger charge is -2.34. The lowest BCUT2D eigenvalue weighted by atomic mass is 10.0. The third-order valence-corrected chi connectivity index (χ3v) is 8.92. The predicted molar refractivity (Wildman–Crippen MR) is 173 cm³/mol. The molecule has 0 radical (unpaired) electrons. The average molecular weight is 632 g/mol. The number of amides is 2. The number of sulfonamides is 1. The first kappa shape index (κ1) is 33.2. The number of para-hydroxylation sites is 1. The number of hydrogen-bond donors (Lipinski definition) is 1. The highest BCUT2D eigenvalue weighted by atomic mass is 32.2. The van der Waals surface area contributed by atoms with Gasteiger partial charge in [0, 0.05) is 19.5 Å².